The topological polar surface area (TPSA) is 76.7 Å². The number of nitrogens with zero attached hydrogens (tertiary/aromatic N) is 2. The van der Waals surface area contributed by atoms with Gasteiger partial charge in [-0.2, -0.15) is 10.5 Å². The highest BCUT2D eigenvalue weighted by molar-refractivity contribution is 7.16. The van der Waals surface area contributed by atoms with E-state index >= 15 is 0 Å². The van der Waals surface area contributed by atoms with Crippen LogP contribution in [0.25, 0.3) is 0 Å². The molecule has 1 aliphatic rings. The zero-order valence-electron chi connectivity index (χ0n) is 9.25. The number of nitriles is 2. The van der Waals surface area contributed by atoms with Crippen molar-refractivity contribution in [2.24, 2.45) is 0 Å². The van der Waals surface area contributed by atoms with E-state index in [-0.39, 0.29) is 12.3 Å². The molecular formula is C12H11N3OS. The highest BCUT2D eigenvalue weighted by Crippen LogP contribution is 2.37. The Kier molecular flexibility index (Phi) is 3.41. The molecule has 5 heteroatoms. The maximum Gasteiger partial charge on any atom is 0.239 e. The zero-order valence-corrected chi connectivity index (χ0v) is 10.1. The minimum atomic E-state index is -0.345. The Morgan fingerprint density at radius 3 is 2.82 bits per heavy atom. The SMILES string of the molecule is N#CCC(=O)Nc1sc2c(c1C#N)CCCC2. The summed E-state index contributed by atoms with van der Waals surface area (Å²) in [6, 6.07) is 3.96. The van der Waals surface area contributed by atoms with Gasteiger partial charge in [-0.25, -0.2) is 0 Å². The molecule has 0 radical (unpaired) electrons. The van der Waals surface area contributed by atoms with Crippen molar-refractivity contribution in [3.63, 3.8) is 0 Å². The van der Waals surface area contributed by atoms with Gasteiger partial charge in [-0.15, -0.1) is 11.3 Å². The number of carbonyl (C=O) groups excluding carboxylic acids is 1. The van der Waals surface area contributed by atoms with Gasteiger partial charge in [0.25, 0.3) is 0 Å². The second-order valence-electron chi connectivity index (χ2n) is 3.91. The summed E-state index contributed by atoms with van der Waals surface area (Å²) in [7, 11) is 0. The van der Waals surface area contributed by atoms with Crippen molar-refractivity contribution in [3.05, 3.63) is 16.0 Å². The van der Waals surface area contributed by atoms with E-state index in [1.165, 1.54) is 16.2 Å². The molecule has 0 bridgehead atoms. The van der Waals surface area contributed by atoms with Crippen LogP contribution in [-0.4, -0.2) is 5.91 Å². The Morgan fingerprint density at radius 1 is 1.35 bits per heavy atom. The van der Waals surface area contributed by atoms with Crippen LogP contribution in [0, 0.1) is 22.7 Å². The first-order valence-corrected chi connectivity index (χ1v) is 6.29. The lowest BCUT2D eigenvalue weighted by Crippen LogP contribution is -2.10. The normalized spacial score (nSPS) is 13.3. The van der Waals surface area contributed by atoms with Crippen molar-refractivity contribution >= 4 is 22.2 Å². The van der Waals surface area contributed by atoms with E-state index in [1.54, 1.807) is 6.07 Å². The third kappa shape index (κ3) is 2.30. The molecule has 0 aliphatic heterocycles. The average molecular weight is 245 g/mol. The lowest BCUT2D eigenvalue weighted by molar-refractivity contribution is -0.115. The van der Waals surface area contributed by atoms with Gasteiger partial charge in [0.2, 0.25) is 5.91 Å². The van der Waals surface area contributed by atoms with E-state index in [2.05, 4.69) is 11.4 Å². The van der Waals surface area contributed by atoms with Crippen molar-refractivity contribution in [1.29, 1.82) is 10.5 Å². The number of nitrogens with one attached hydrogen (secondary N) is 1. The van der Waals surface area contributed by atoms with E-state index in [1.807, 2.05) is 0 Å². The molecular weight excluding hydrogens is 234 g/mol. The summed E-state index contributed by atoms with van der Waals surface area (Å²) in [5, 5.41) is 20.8. The Morgan fingerprint density at radius 2 is 2.12 bits per heavy atom. The highest BCUT2D eigenvalue weighted by Gasteiger charge is 2.21. The minimum Gasteiger partial charge on any atom is -0.316 e. The molecule has 0 saturated heterocycles. The molecule has 0 atom stereocenters. The predicted octanol–water partition coefficient (Wildman–Crippen LogP) is 2.35. The number of hydrogen-bond acceptors (Lipinski definition) is 4. The first-order valence-electron chi connectivity index (χ1n) is 5.47. The fraction of sp³-hybridized carbons (Fsp3) is 0.417. The predicted molar refractivity (Wildman–Crippen MR) is 64.5 cm³/mol. The molecule has 1 aromatic rings. The molecule has 1 aliphatic carbocycles. The van der Waals surface area contributed by atoms with Crippen molar-refractivity contribution < 1.29 is 4.79 Å². The van der Waals surface area contributed by atoms with E-state index in [9.17, 15) is 4.79 Å². The highest BCUT2D eigenvalue weighted by atomic mass is 32.1. The monoisotopic (exact) mass is 245 g/mol. The molecule has 86 valence electrons. The summed E-state index contributed by atoms with van der Waals surface area (Å²) < 4.78 is 0. The van der Waals surface area contributed by atoms with Crippen LogP contribution in [0.1, 0.15) is 35.3 Å². The van der Waals surface area contributed by atoms with Gasteiger partial charge in [-0.1, -0.05) is 0 Å². The summed E-state index contributed by atoms with van der Waals surface area (Å²) in [5.74, 6) is -0.345. The first kappa shape index (κ1) is 11.6. The van der Waals surface area contributed by atoms with Crippen molar-refractivity contribution in [2.45, 2.75) is 32.1 Å². The fourth-order valence-corrected chi connectivity index (χ4v) is 3.27. The Balaban J connectivity index is 2.29. The van der Waals surface area contributed by atoms with Gasteiger partial charge in [0.05, 0.1) is 11.6 Å². The van der Waals surface area contributed by atoms with Crippen molar-refractivity contribution in [3.8, 4) is 12.1 Å². The van der Waals surface area contributed by atoms with Gasteiger partial charge in [-0.05, 0) is 31.2 Å². The number of rotatable bonds is 2. The summed E-state index contributed by atoms with van der Waals surface area (Å²) in [5.41, 5.74) is 1.69. The molecule has 0 saturated carbocycles. The summed E-state index contributed by atoms with van der Waals surface area (Å²) in [6.07, 6.45) is 3.98. The molecule has 0 unspecified atom stereocenters. The molecule has 1 N–H and O–H groups in total. The Bertz CT molecular complexity index is 533. The smallest absolute Gasteiger partial charge is 0.239 e. The average Bonchev–Trinajstić information content (AvgIpc) is 2.66. The largest absolute Gasteiger partial charge is 0.316 e. The third-order valence-corrected chi connectivity index (χ3v) is 3.98. The third-order valence-electron chi connectivity index (χ3n) is 2.78. The molecule has 1 amide bonds. The quantitative estimate of drug-likeness (QED) is 0.868. The number of anilines is 1. The van der Waals surface area contributed by atoms with Gasteiger partial charge in [0, 0.05) is 4.88 Å². The number of hydrogen-bond donors (Lipinski definition) is 1. The number of fused-ring (bicyclic) bond motifs is 1. The molecule has 1 heterocycles. The van der Waals surface area contributed by atoms with Gasteiger partial charge in [0.1, 0.15) is 17.5 Å². The molecule has 17 heavy (non-hydrogen) atoms. The Hall–Kier alpha value is -1.85. The number of amides is 1. The standard InChI is InChI=1S/C12H11N3OS/c13-6-5-11(16)15-12-9(7-14)8-3-1-2-4-10(8)17-12/h1-5H2,(H,15,16). The number of thiophene rings is 1. The molecule has 0 aromatic carbocycles. The van der Waals surface area contributed by atoms with Crippen LogP contribution in [0.4, 0.5) is 5.00 Å². The van der Waals surface area contributed by atoms with Crippen LogP contribution in [0.5, 0.6) is 0 Å². The summed E-state index contributed by atoms with van der Waals surface area (Å²) >= 11 is 1.48. The van der Waals surface area contributed by atoms with E-state index in [0.717, 1.165) is 31.2 Å². The van der Waals surface area contributed by atoms with E-state index in [4.69, 9.17) is 10.5 Å². The van der Waals surface area contributed by atoms with E-state index < -0.39 is 0 Å². The van der Waals surface area contributed by atoms with Gasteiger partial charge in [-0.3, -0.25) is 4.79 Å². The van der Waals surface area contributed by atoms with Crippen LogP contribution in [0.15, 0.2) is 0 Å². The second-order valence-corrected chi connectivity index (χ2v) is 5.02. The first-order chi connectivity index (χ1) is 8.26. The molecule has 0 spiro atoms. The van der Waals surface area contributed by atoms with Gasteiger partial charge < -0.3 is 5.32 Å². The maximum atomic E-state index is 11.4. The fourth-order valence-electron chi connectivity index (χ4n) is 2.01. The van der Waals surface area contributed by atoms with Crippen LogP contribution >= 0.6 is 11.3 Å². The number of aryl methyl sites for hydroxylation is 1. The van der Waals surface area contributed by atoms with E-state index in [0.29, 0.717) is 10.6 Å². The maximum absolute atomic E-state index is 11.4. The zero-order chi connectivity index (χ0) is 12.3. The van der Waals surface area contributed by atoms with Crippen LogP contribution in [0.3, 0.4) is 0 Å². The molecule has 1 aromatic heterocycles. The minimum absolute atomic E-state index is 0.173. The van der Waals surface area contributed by atoms with Crippen LogP contribution in [-0.2, 0) is 17.6 Å². The van der Waals surface area contributed by atoms with Crippen molar-refractivity contribution in [2.75, 3.05) is 5.32 Å². The summed E-state index contributed by atoms with van der Waals surface area (Å²) in [6.45, 7) is 0. The molecule has 0 fully saturated rings. The second kappa shape index (κ2) is 4.99. The number of carbonyl (C=O) groups is 1. The van der Waals surface area contributed by atoms with Crippen molar-refractivity contribution in [1.82, 2.24) is 0 Å². The van der Waals surface area contributed by atoms with Gasteiger partial charge >= 0.3 is 0 Å². The summed E-state index contributed by atoms with van der Waals surface area (Å²) in [4.78, 5) is 12.6. The van der Waals surface area contributed by atoms with Gasteiger partial charge in [0.15, 0.2) is 0 Å². The Labute approximate surface area is 103 Å². The molecule has 4 nitrogen and oxygen atoms in total. The van der Waals surface area contributed by atoms with Crippen LogP contribution < -0.4 is 5.32 Å². The van der Waals surface area contributed by atoms with Crippen LogP contribution in [0.2, 0.25) is 0 Å². The lowest BCUT2D eigenvalue weighted by atomic mass is 9.96. The molecule has 2 rings (SSSR count). The lowest BCUT2D eigenvalue weighted by Gasteiger charge is -2.09.